The van der Waals surface area contributed by atoms with Crippen LogP contribution in [0.1, 0.15) is 27.2 Å². The maximum absolute atomic E-state index is 10.3. The molecule has 0 amide bonds. The molecule has 0 saturated carbocycles. The third-order valence-electron chi connectivity index (χ3n) is 1.06. The van der Waals surface area contributed by atoms with Gasteiger partial charge in [0.25, 0.3) is 0 Å². The Morgan fingerprint density at radius 3 is 2.50 bits per heavy atom. The molecule has 0 aromatic heterocycles. The maximum atomic E-state index is 10.3. The average Bonchev–Trinajstić information content (AvgIpc) is 1.85. The Kier molecular flexibility index (Phi) is 4.63. The molecule has 0 heterocycles. The Morgan fingerprint density at radius 1 is 1.50 bits per heavy atom. The van der Waals surface area contributed by atoms with Crippen LogP contribution >= 0.6 is 0 Å². The summed E-state index contributed by atoms with van der Waals surface area (Å²) in [6.07, 6.45) is 3.04. The zero-order chi connectivity index (χ0) is 7.98. The predicted molar refractivity (Wildman–Crippen MR) is 40.7 cm³/mol. The third-order valence-corrected chi connectivity index (χ3v) is 1.06. The lowest BCUT2D eigenvalue weighted by molar-refractivity contribution is -0.139. The van der Waals surface area contributed by atoms with E-state index in [0.717, 1.165) is 12.0 Å². The topological polar surface area (TPSA) is 26.3 Å². The van der Waals surface area contributed by atoms with Gasteiger partial charge in [-0.3, -0.25) is 4.79 Å². The lowest BCUT2D eigenvalue weighted by Gasteiger charge is -1.99. The van der Waals surface area contributed by atoms with Crippen LogP contribution in [0.4, 0.5) is 0 Å². The minimum atomic E-state index is -0.219. The largest absolute Gasteiger partial charge is 0.461 e. The highest BCUT2D eigenvalue weighted by Gasteiger charge is 1.91. The molecule has 0 aliphatic carbocycles. The van der Waals surface area contributed by atoms with Crippen LogP contribution < -0.4 is 0 Å². The van der Waals surface area contributed by atoms with Crippen LogP contribution in [0.5, 0.6) is 0 Å². The highest BCUT2D eigenvalue weighted by molar-refractivity contribution is 5.66. The summed E-state index contributed by atoms with van der Waals surface area (Å²) < 4.78 is 4.75. The number of hydrogen-bond donors (Lipinski definition) is 0. The van der Waals surface area contributed by atoms with Gasteiger partial charge in [-0.25, -0.2) is 0 Å². The molecule has 0 aromatic rings. The van der Waals surface area contributed by atoms with Crippen molar-refractivity contribution in [3.63, 3.8) is 0 Å². The van der Waals surface area contributed by atoms with Crippen LogP contribution in [-0.4, -0.2) is 12.6 Å². The van der Waals surface area contributed by atoms with Gasteiger partial charge in [0.2, 0.25) is 0 Å². The van der Waals surface area contributed by atoms with Crippen molar-refractivity contribution in [2.75, 3.05) is 6.61 Å². The number of allylic oxidation sites excluding steroid dienone is 1. The molecule has 0 aliphatic rings. The smallest absolute Gasteiger partial charge is 0.302 e. The van der Waals surface area contributed by atoms with Crippen LogP contribution in [0.3, 0.4) is 0 Å². The molecule has 0 N–H and O–H groups in total. The van der Waals surface area contributed by atoms with Crippen molar-refractivity contribution >= 4 is 5.97 Å². The van der Waals surface area contributed by atoms with E-state index >= 15 is 0 Å². The molecule has 2 heteroatoms. The molecule has 0 atom stereocenters. The SMILES string of the molecule is CC/C=C(/C)COC(C)=O. The summed E-state index contributed by atoms with van der Waals surface area (Å²) in [5.41, 5.74) is 1.11. The standard InChI is InChI=1S/C8H14O2/c1-4-5-7(2)6-10-8(3)9/h5H,4,6H2,1-3H3/b7-5-. The Bertz CT molecular complexity index is 136. The van der Waals surface area contributed by atoms with E-state index < -0.39 is 0 Å². The number of hydrogen-bond acceptors (Lipinski definition) is 2. The molecular weight excluding hydrogens is 128 g/mol. The number of esters is 1. The van der Waals surface area contributed by atoms with Gasteiger partial charge in [0.1, 0.15) is 6.61 Å². The zero-order valence-electron chi connectivity index (χ0n) is 6.81. The van der Waals surface area contributed by atoms with E-state index in [1.165, 1.54) is 6.92 Å². The van der Waals surface area contributed by atoms with Crippen molar-refractivity contribution < 1.29 is 9.53 Å². The second-order valence-corrected chi connectivity index (χ2v) is 2.24. The van der Waals surface area contributed by atoms with Crippen molar-refractivity contribution in [2.45, 2.75) is 27.2 Å². The molecule has 2 nitrogen and oxygen atoms in total. The van der Waals surface area contributed by atoms with Crippen LogP contribution in [0.25, 0.3) is 0 Å². The van der Waals surface area contributed by atoms with E-state index in [4.69, 9.17) is 4.74 Å². The van der Waals surface area contributed by atoms with Crippen LogP contribution in [0.2, 0.25) is 0 Å². The monoisotopic (exact) mass is 142 g/mol. The third kappa shape index (κ3) is 5.35. The quantitative estimate of drug-likeness (QED) is 0.444. The normalized spacial score (nSPS) is 11.3. The molecule has 0 rings (SSSR count). The van der Waals surface area contributed by atoms with Crippen LogP contribution in [0.15, 0.2) is 11.6 Å². The molecular formula is C8H14O2. The Labute approximate surface area is 61.9 Å². The van der Waals surface area contributed by atoms with E-state index in [-0.39, 0.29) is 5.97 Å². The van der Waals surface area contributed by atoms with Gasteiger partial charge in [-0.1, -0.05) is 13.0 Å². The minimum absolute atomic E-state index is 0.219. The second-order valence-electron chi connectivity index (χ2n) is 2.24. The van der Waals surface area contributed by atoms with Gasteiger partial charge in [-0.15, -0.1) is 0 Å². The average molecular weight is 142 g/mol. The minimum Gasteiger partial charge on any atom is -0.461 e. The summed E-state index contributed by atoms with van der Waals surface area (Å²) in [5, 5.41) is 0. The van der Waals surface area contributed by atoms with E-state index in [1.807, 2.05) is 13.0 Å². The molecule has 0 radical (unpaired) electrons. The zero-order valence-corrected chi connectivity index (χ0v) is 6.81. The molecule has 0 saturated heterocycles. The highest BCUT2D eigenvalue weighted by atomic mass is 16.5. The van der Waals surface area contributed by atoms with E-state index in [1.54, 1.807) is 0 Å². The molecule has 0 aromatic carbocycles. The molecule has 0 spiro atoms. The van der Waals surface area contributed by atoms with Crippen molar-refractivity contribution in [3.8, 4) is 0 Å². The predicted octanol–water partition coefficient (Wildman–Crippen LogP) is 1.91. The second kappa shape index (κ2) is 5.03. The van der Waals surface area contributed by atoms with Gasteiger partial charge >= 0.3 is 5.97 Å². The van der Waals surface area contributed by atoms with E-state index in [2.05, 4.69) is 6.92 Å². The first-order valence-electron chi connectivity index (χ1n) is 3.45. The van der Waals surface area contributed by atoms with Gasteiger partial charge in [-0.05, 0) is 18.9 Å². The Morgan fingerprint density at radius 2 is 2.10 bits per heavy atom. The Hall–Kier alpha value is -0.790. The summed E-state index contributed by atoms with van der Waals surface area (Å²) in [7, 11) is 0. The molecule has 0 aliphatic heterocycles. The number of carbonyl (C=O) groups is 1. The number of ether oxygens (including phenoxy) is 1. The fourth-order valence-electron chi connectivity index (χ4n) is 0.623. The number of rotatable bonds is 3. The van der Waals surface area contributed by atoms with Gasteiger partial charge in [-0.2, -0.15) is 0 Å². The lowest BCUT2D eigenvalue weighted by atomic mass is 10.3. The summed E-state index contributed by atoms with van der Waals surface area (Å²) in [4.78, 5) is 10.3. The number of carbonyl (C=O) groups excluding carboxylic acids is 1. The van der Waals surface area contributed by atoms with Crippen LogP contribution in [0, 0.1) is 0 Å². The van der Waals surface area contributed by atoms with Gasteiger partial charge in [0.15, 0.2) is 0 Å². The first kappa shape index (κ1) is 9.21. The molecule has 0 fully saturated rings. The maximum Gasteiger partial charge on any atom is 0.302 e. The molecule has 58 valence electrons. The fourth-order valence-corrected chi connectivity index (χ4v) is 0.623. The molecule has 10 heavy (non-hydrogen) atoms. The first-order chi connectivity index (χ1) is 4.66. The fraction of sp³-hybridized carbons (Fsp3) is 0.625. The van der Waals surface area contributed by atoms with Crippen LogP contribution in [-0.2, 0) is 9.53 Å². The van der Waals surface area contributed by atoms with Crippen molar-refractivity contribution in [3.05, 3.63) is 11.6 Å². The van der Waals surface area contributed by atoms with E-state index in [9.17, 15) is 4.79 Å². The first-order valence-corrected chi connectivity index (χ1v) is 3.45. The summed E-state index contributed by atoms with van der Waals surface area (Å²) in [5.74, 6) is -0.219. The Balaban J connectivity index is 3.48. The summed E-state index contributed by atoms with van der Waals surface area (Å²) in [6.45, 7) is 5.85. The summed E-state index contributed by atoms with van der Waals surface area (Å²) >= 11 is 0. The van der Waals surface area contributed by atoms with Crippen molar-refractivity contribution in [1.29, 1.82) is 0 Å². The molecule has 0 unspecified atom stereocenters. The lowest BCUT2D eigenvalue weighted by Crippen LogP contribution is -2.00. The highest BCUT2D eigenvalue weighted by Crippen LogP contribution is 1.95. The summed E-state index contributed by atoms with van der Waals surface area (Å²) in [6, 6.07) is 0. The van der Waals surface area contributed by atoms with E-state index in [0.29, 0.717) is 6.61 Å². The van der Waals surface area contributed by atoms with Crippen molar-refractivity contribution in [1.82, 2.24) is 0 Å². The van der Waals surface area contributed by atoms with Crippen molar-refractivity contribution in [2.24, 2.45) is 0 Å². The van der Waals surface area contributed by atoms with Gasteiger partial charge < -0.3 is 4.74 Å². The molecule has 0 bridgehead atoms. The van der Waals surface area contributed by atoms with Gasteiger partial charge in [0.05, 0.1) is 0 Å². The van der Waals surface area contributed by atoms with Gasteiger partial charge in [0, 0.05) is 6.92 Å².